The van der Waals surface area contributed by atoms with E-state index in [9.17, 15) is 13.2 Å². The summed E-state index contributed by atoms with van der Waals surface area (Å²) in [6, 6.07) is 7.26. The van der Waals surface area contributed by atoms with Crippen molar-refractivity contribution in [2.24, 2.45) is 0 Å². The Morgan fingerprint density at radius 1 is 1.37 bits per heavy atom. The van der Waals surface area contributed by atoms with Crippen molar-refractivity contribution in [3.05, 3.63) is 58.9 Å². The van der Waals surface area contributed by atoms with Crippen LogP contribution >= 0.6 is 24.0 Å². The van der Waals surface area contributed by atoms with E-state index in [2.05, 4.69) is 15.0 Å². The number of hydrogen-bond acceptors (Lipinski definition) is 6. The molecule has 7 nitrogen and oxygen atoms in total. The van der Waals surface area contributed by atoms with Crippen molar-refractivity contribution in [1.29, 1.82) is 0 Å². The molecule has 0 aliphatic carbocycles. The number of aromatic nitrogens is 1. The molecule has 1 aromatic heterocycles. The van der Waals surface area contributed by atoms with Crippen LogP contribution in [0, 0.1) is 0 Å². The van der Waals surface area contributed by atoms with Gasteiger partial charge >= 0.3 is 5.97 Å². The highest BCUT2D eigenvalue weighted by atomic mass is 35.5. The molecule has 0 bridgehead atoms. The van der Waals surface area contributed by atoms with Gasteiger partial charge < -0.3 is 10.1 Å². The van der Waals surface area contributed by atoms with E-state index in [0.29, 0.717) is 19.6 Å². The summed E-state index contributed by atoms with van der Waals surface area (Å²) in [4.78, 5) is 15.7. The molecule has 146 valence electrons. The number of carbonyl (C=O) groups excluding carboxylic acids is 1. The summed E-state index contributed by atoms with van der Waals surface area (Å²) < 4.78 is 32.5. The molecule has 2 heterocycles. The number of methoxy groups -OCH3 is 1. The van der Waals surface area contributed by atoms with Gasteiger partial charge in [-0.3, -0.25) is 4.98 Å². The number of piperazine rings is 1. The molecule has 1 fully saturated rings. The number of nitrogens with one attached hydrogen (secondary N) is 1. The number of benzene rings is 1. The van der Waals surface area contributed by atoms with Crippen LogP contribution in [0.15, 0.2) is 47.6 Å². The van der Waals surface area contributed by atoms with Gasteiger partial charge in [-0.2, -0.15) is 4.31 Å². The number of sulfonamides is 1. The first kappa shape index (κ1) is 21.6. The van der Waals surface area contributed by atoms with Gasteiger partial charge in [-0.15, -0.1) is 12.4 Å². The summed E-state index contributed by atoms with van der Waals surface area (Å²) in [5.41, 5.74) is 0.992. The van der Waals surface area contributed by atoms with Crippen molar-refractivity contribution in [2.45, 2.75) is 10.9 Å². The number of ether oxygens (including phenoxy) is 1. The van der Waals surface area contributed by atoms with E-state index in [1.165, 1.54) is 29.6 Å². The molecule has 1 aromatic carbocycles. The number of pyridine rings is 1. The molecule has 0 saturated carbocycles. The molecule has 3 rings (SSSR count). The topological polar surface area (TPSA) is 88.6 Å². The van der Waals surface area contributed by atoms with E-state index in [1.54, 1.807) is 18.5 Å². The number of hydrogen-bond donors (Lipinski definition) is 1. The number of carbonyl (C=O) groups is 1. The average molecular weight is 432 g/mol. The Morgan fingerprint density at radius 3 is 2.78 bits per heavy atom. The summed E-state index contributed by atoms with van der Waals surface area (Å²) >= 11 is 6.19. The fraction of sp³-hybridized carbons (Fsp3) is 0.294. The molecule has 0 amide bonds. The standard InChI is InChI=1S/C17H18ClN3O4S.ClH/c1-25-17(22)12-4-5-16(14(18)9-12)26(23,24)21-8-7-20-11-15(21)13-3-2-6-19-10-13;/h2-6,9-10,15,20H,7-8,11H2,1H3;1H. The Kier molecular flexibility index (Phi) is 7.19. The lowest BCUT2D eigenvalue weighted by Crippen LogP contribution is -2.48. The van der Waals surface area contributed by atoms with Crippen molar-refractivity contribution in [2.75, 3.05) is 26.7 Å². The second-order valence-corrected chi connectivity index (χ2v) is 8.02. The highest BCUT2D eigenvalue weighted by Gasteiger charge is 2.35. The molecule has 27 heavy (non-hydrogen) atoms. The van der Waals surface area contributed by atoms with Gasteiger partial charge in [0.25, 0.3) is 0 Å². The summed E-state index contributed by atoms with van der Waals surface area (Å²) in [7, 11) is -2.61. The smallest absolute Gasteiger partial charge is 0.337 e. The van der Waals surface area contributed by atoms with Crippen LogP contribution in [0.2, 0.25) is 5.02 Å². The molecule has 1 N–H and O–H groups in total. The SMILES string of the molecule is COC(=O)c1ccc(S(=O)(=O)N2CCNCC2c2cccnc2)c(Cl)c1.Cl. The fourth-order valence-electron chi connectivity index (χ4n) is 2.91. The second kappa shape index (κ2) is 8.99. The maximum absolute atomic E-state index is 13.2. The normalized spacial score (nSPS) is 17.8. The van der Waals surface area contributed by atoms with E-state index < -0.39 is 16.0 Å². The predicted molar refractivity (Wildman–Crippen MR) is 104 cm³/mol. The molecule has 1 saturated heterocycles. The van der Waals surface area contributed by atoms with Gasteiger partial charge in [0.2, 0.25) is 10.0 Å². The lowest BCUT2D eigenvalue weighted by Gasteiger charge is -2.35. The lowest BCUT2D eigenvalue weighted by molar-refractivity contribution is 0.0600. The largest absolute Gasteiger partial charge is 0.465 e. The van der Waals surface area contributed by atoms with Crippen LogP contribution in [-0.4, -0.2) is 50.4 Å². The zero-order chi connectivity index (χ0) is 18.7. The predicted octanol–water partition coefficient (Wildman–Crippen LogP) is 2.28. The van der Waals surface area contributed by atoms with Crippen molar-refractivity contribution in [3.63, 3.8) is 0 Å². The molecule has 0 radical (unpaired) electrons. The molecule has 0 spiro atoms. The second-order valence-electron chi connectivity index (χ2n) is 5.76. The van der Waals surface area contributed by atoms with E-state index in [1.807, 2.05) is 6.07 Å². The number of rotatable bonds is 4. The van der Waals surface area contributed by atoms with Crippen molar-refractivity contribution < 1.29 is 17.9 Å². The van der Waals surface area contributed by atoms with Gasteiger partial charge in [0, 0.05) is 32.0 Å². The van der Waals surface area contributed by atoms with Crippen molar-refractivity contribution in [3.8, 4) is 0 Å². The summed E-state index contributed by atoms with van der Waals surface area (Å²) in [5.74, 6) is -0.578. The van der Waals surface area contributed by atoms with Crippen LogP contribution < -0.4 is 5.32 Å². The quantitative estimate of drug-likeness (QED) is 0.746. The molecular formula is C17H19Cl2N3O4S. The van der Waals surface area contributed by atoms with E-state index in [0.717, 1.165) is 5.56 Å². The molecule has 1 unspecified atom stereocenters. The lowest BCUT2D eigenvalue weighted by atomic mass is 10.1. The van der Waals surface area contributed by atoms with Gasteiger partial charge in [0.1, 0.15) is 4.90 Å². The van der Waals surface area contributed by atoms with E-state index in [4.69, 9.17) is 11.6 Å². The van der Waals surface area contributed by atoms with Crippen LogP contribution in [0.3, 0.4) is 0 Å². The zero-order valence-corrected chi connectivity index (χ0v) is 16.9. The average Bonchev–Trinajstić information content (AvgIpc) is 2.67. The maximum atomic E-state index is 13.2. The zero-order valence-electron chi connectivity index (χ0n) is 14.5. The maximum Gasteiger partial charge on any atom is 0.337 e. The minimum Gasteiger partial charge on any atom is -0.465 e. The van der Waals surface area contributed by atoms with Crippen LogP contribution in [0.5, 0.6) is 0 Å². The first-order valence-corrected chi connectivity index (χ1v) is 9.77. The van der Waals surface area contributed by atoms with E-state index in [-0.39, 0.29) is 33.9 Å². The highest BCUT2D eigenvalue weighted by Crippen LogP contribution is 2.32. The first-order chi connectivity index (χ1) is 12.4. The third kappa shape index (κ3) is 4.41. The van der Waals surface area contributed by atoms with Crippen LogP contribution in [0.1, 0.15) is 22.0 Å². The van der Waals surface area contributed by atoms with E-state index >= 15 is 0 Å². The van der Waals surface area contributed by atoms with Gasteiger partial charge in [-0.1, -0.05) is 17.7 Å². The van der Waals surface area contributed by atoms with Gasteiger partial charge in [0.15, 0.2) is 0 Å². The third-order valence-electron chi connectivity index (χ3n) is 4.20. The summed E-state index contributed by atoms with van der Waals surface area (Å²) in [5, 5.41) is 3.19. The van der Waals surface area contributed by atoms with Crippen molar-refractivity contribution in [1.82, 2.24) is 14.6 Å². The van der Waals surface area contributed by atoms with Crippen LogP contribution in [0.25, 0.3) is 0 Å². The van der Waals surface area contributed by atoms with Crippen LogP contribution in [-0.2, 0) is 14.8 Å². The minimum atomic E-state index is -3.86. The molecule has 1 atom stereocenters. The minimum absolute atomic E-state index is 0. The number of nitrogens with zero attached hydrogens (tertiary/aromatic N) is 2. The van der Waals surface area contributed by atoms with Gasteiger partial charge in [0.05, 0.1) is 23.7 Å². The van der Waals surface area contributed by atoms with Gasteiger partial charge in [-0.05, 0) is 29.8 Å². The highest BCUT2D eigenvalue weighted by molar-refractivity contribution is 7.89. The molecule has 10 heteroatoms. The number of esters is 1. The first-order valence-electron chi connectivity index (χ1n) is 7.95. The summed E-state index contributed by atoms with van der Waals surface area (Å²) in [6.07, 6.45) is 3.29. The number of halogens is 2. The monoisotopic (exact) mass is 431 g/mol. The molecule has 1 aliphatic rings. The molecular weight excluding hydrogens is 413 g/mol. The molecule has 2 aromatic rings. The van der Waals surface area contributed by atoms with Gasteiger partial charge in [-0.25, -0.2) is 13.2 Å². The molecule has 1 aliphatic heterocycles. The fourth-order valence-corrected chi connectivity index (χ4v) is 5.05. The Hall–Kier alpha value is -1.71. The Labute approximate surface area is 169 Å². The Morgan fingerprint density at radius 2 is 2.15 bits per heavy atom. The Bertz CT molecular complexity index is 910. The Balaban J connectivity index is 0.00000261. The summed E-state index contributed by atoms with van der Waals surface area (Å²) in [6.45, 7) is 1.31. The van der Waals surface area contributed by atoms with Crippen LogP contribution in [0.4, 0.5) is 0 Å². The third-order valence-corrected chi connectivity index (χ3v) is 6.59. The van der Waals surface area contributed by atoms with Crippen molar-refractivity contribution >= 4 is 40.0 Å².